The van der Waals surface area contributed by atoms with Crippen LogP contribution in [-0.2, 0) is 6.18 Å². The molecular formula is C15H10F3N3. The molecule has 3 rings (SSSR count). The number of hydrogen-bond donors (Lipinski definition) is 1. The Hall–Kier alpha value is -2.63. The maximum absolute atomic E-state index is 12.8. The van der Waals surface area contributed by atoms with Crippen molar-refractivity contribution in [3.05, 3.63) is 54.2 Å². The lowest BCUT2D eigenvalue weighted by Gasteiger charge is -2.09. The van der Waals surface area contributed by atoms with Gasteiger partial charge >= 0.3 is 6.18 Å². The smallest absolute Gasteiger partial charge is 0.368 e. The first-order valence-corrected chi connectivity index (χ1v) is 6.14. The number of rotatable bonds is 1. The number of benzene rings is 2. The molecule has 0 fully saturated rings. The molecule has 0 aliphatic heterocycles. The molecule has 1 heterocycles. The second-order valence-electron chi connectivity index (χ2n) is 4.56. The van der Waals surface area contributed by atoms with E-state index in [9.17, 15) is 13.2 Å². The molecule has 21 heavy (non-hydrogen) atoms. The highest BCUT2D eigenvalue weighted by Crippen LogP contribution is 2.31. The predicted molar refractivity (Wildman–Crippen MR) is 74.4 cm³/mol. The van der Waals surface area contributed by atoms with Gasteiger partial charge in [0.25, 0.3) is 0 Å². The van der Waals surface area contributed by atoms with E-state index < -0.39 is 17.8 Å². The maximum Gasteiger partial charge on any atom is 0.433 e. The van der Waals surface area contributed by atoms with Gasteiger partial charge in [0.15, 0.2) is 5.69 Å². The van der Waals surface area contributed by atoms with Crippen LogP contribution in [0.3, 0.4) is 0 Å². The van der Waals surface area contributed by atoms with E-state index in [1.54, 1.807) is 12.1 Å². The Kier molecular flexibility index (Phi) is 3.01. The number of halogens is 3. The largest absolute Gasteiger partial charge is 0.433 e. The zero-order valence-electron chi connectivity index (χ0n) is 10.7. The number of nitrogens with two attached hydrogens (primary N) is 1. The zero-order valence-corrected chi connectivity index (χ0v) is 10.7. The van der Waals surface area contributed by atoms with Crippen LogP contribution in [0.1, 0.15) is 5.69 Å². The van der Waals surface area contributed by atoms with E-state index >= 15 is 0 Å². The number of anilines is 1. The van der Waals surface area contributed by atoms with Crippen molar-refractivity contribution in [1.29, 1.82) is 0 Å². The monoisotopic (exact) mass is 289 g/mol. The Balaban J connectivity index is 2.16. The quantitative estimate of drug-likeness (QED) is 0.739. The average Bonchev–Trinajstić information content (AvgIpc) is 2.45. The Bertz CT molecular complexity index is 813. The Morgan fingerprint density at radius 2 is 1.57 bits per heavy atom. The van der Waals surface area contributed by atoms with Crippen molar-refractivity contribution in [3.8, 4) is 11.3 Å². The first-order valence-electron chi connectivity index (χ1n) is 6.14. The highest BCUT2D eigenvalue weighted by Gasteiger charge is 2.33. The molecule has 2 aromatic carbocycles. The number of nitrogens with zero attached hydrogens (tertiary/aromatic N) is 2. The fourth-order valence-corrected chi connectivity index (χ4v) is 2.11. The summed E-state index contributed by atoms with van der Waals surface area (Å²) in [5, 5.41) is 1.92. The molecule has 106 valence electrons. The average molecular weight is 289 g/mol. The van der Waals surface area contributed by atoms with Crippen LogP contribution >= 0.6 is 0 Å². The van der Waals surface area contributed by atoms with Gasteiger partial charge in [0, 0.05) is 5.56 Å². The summed E-state index contributed by atoms with van der Waals surface area (Å²) in [6.45, 7) is 0. The Morgan fingerprint density at radius 3 is 2.29 bits per heavy atom. The van der Waals surface area contributed by atoms with Crippen LogP contribution in [0.2, 0.25) is 0 Å². The Labute approximate surface area is 118 Å². The topological polar surface area (TPSA) is 51.8 Å². The van der Waals surface area contributed by atoms with Gasteiger partial charge in [0.2, 0.25) is 5.95 Å². The highest BCUT2D eigenvalue weighted by molar-refractivity contribution is 5.86. The molecule has 0 unspecified atom stereocenters. The fraction of sp³-hybridized carbons (Fsp3) is 0.0667. The van der Waals surface area contributed by atoms with Gasteiger partial charge < -0.3 is 5.73 Å². The van der Waals surface area contributed by atoms with Crippen LogP contribution in [-0.4, -0.2) is 9.97 Å². The van der Waals surface area contributed by atoms with Gasteiger partial charge in [0.05, 0.1) is 5.69 Å². The lowest BCUT2D eigenvalue weighted by atomic mass is 10.0. The van der Waals surface area contributed by atoms with Gasteiger partial charge in [-0.25, -0.2) is 9.97 Å². The number of aromatic nitrogens is 2. The van der Waals surface area contributed by atoms with Crippen LogP contribution in [0.5, 0.6) is 0 Å². The molecule has 3 aromatic rings. The summed E-state index contributed by atoms with van der Waals surface area (Å²) in [6, 6.07) is 13.8. The second kappa shape index (κ2) is 4.73. The molecular weight excluding hydrogens is 279 g/mol. The lowest BCUT2D eigenvalue weighted by molar-refractivity contribution is -0.141. The summed E-state index contributed by atoms with van der Waals surface area (Å²) in [5.41, 5.74) is 5.06. The van der Waals surface area contributed by atoms with Gasteiger partial charge in [-0.3, -0.25) is 0 Å². The molecule has 0 saturated heterocycles. The molecule has 0 radical (unpaired) electrons. The van der Waals surface area contributed by atoms with Gasteiger partial charge in [-0.2, -0.15) is 13.2 Å². The predicted octanol–water partition coefficient (Wildman–Crippen LogP) is 3.90. The van der Waals surface area contributed by atoms with E-state index in [1.165, 1.54) is 0 Å². The summed E-state index contributed by atoms with van der Waals surface area (Å²) >= 11 is 0. The maximum atomic E-state index is 12.8. The van der Waals surface area contributed by atoms with Crippen LogP contribution in [0.4, 0.5) is 19.1 Å². The molecule has 6 heteroatoms. The van der Waals surface area contributed by atoms with Gasteiger partial charge in [0.1, 0.15) is 0 Å². The second-order valence-corrected chi connectivity index (χ2v) is 4.56. The fourth-order valence-electron chi connectivity index (χ4n) is 2.11. The molecule has 0 spiro atoms. The summed E-state index contributed by atoms with van der Waals surface area (Å²) < 4.78 is 38.3. The molecule has 0 saturated carbocycles. The van der Waals surface area contributed by atoms with Crippen LogP contribution in [0, 0.1) is 0 Å². The number of alkyl halides is 3. The van der Waals surface area contributed by atoms with Crippen LogP contribution in [0.15, 0.2) is 48.5 Å². The standard InChI is InChI=1S/C15H10F3N3/c16-15(17,18)13-8-12(20-14(19)21-13)11-6-5-9-3-1-2-4-10(9)7-11/h1-8H,(H2,19,20,21). The zero-order chi connectivity index (χ0) is 15.0. The Morgan fingerprint density at radius 1 is 0.857 bits per heavy atom. The number of hydrogen-bond acceptors (Lipinski definition) is 3. The van der Waals surface area contributed by atoms with E-state index in [0.717, 1.165) is 16.8 Å². The van der Waals surface area contributed by atoms with E-state index in [1.807, 2.05) is 30.3 Å². The van der Waals surface area contributed by atoms with Gasteiger partial charge in [-0.1, -0.05) is 36.4 Å². The summed E-state index contributed by atoms with van der Waals surface area (Å²) in [5.74, 6) is -0.395. The first kappa shape index (κ1) is 13.4. The number of fused-ring (bicyclic) bond motifs is 1. The third-order valence-corrected chi connectivity index (χ3v) is 3.08. The molecule has 0 aliphatic rings. The third-order valence-electron chi connectivity index (χ3n) is 3.08. The minimum atomic E-state index is -4.55. The van der Waals surface area contributed by atoms with Crippen LogP contribution in [0.25, 0.3) is 22.0 Å². The normalized spacial score (nSPS) is 11.8. The SMILES string of the molecule is Nc1nc(-c2ccc3ccccc3c2)cc(C(F)(F)F)n1. The summed E-state index contributed by atoms with van der Waals surface area (Å²) in [4.78, 5) is 7.13. The molecule has 0 aliphatic carbocycles. The van der Waals surface area contributed by atoms with Crippen molar-refractivity contribution < 1.29 is 13.2 Å². The first-order chi connectivity index (χ1) is 9.93. The van der Waals surface area contributed by atoms with Gasteiger partial charge in [-0.15, -0.1) is 0 Å². The molecule has 0 amide bonds. The number of nitrogen functional groups attached to an aromatic ring is 1. The van der Waals surface area contributed by atoms with Crippen molar-refractivity contribution in [2.75, 3.05) is 5.73 Å². The summed E-state index contributed by atoms with van der Waals surface area (Å²) in [7, 11) is 0. The molecule has 0 bridgehead atoms. The van der Waals surface area contributed by atoms with Crippen molar-refractivity contribution in [2.45, 2.75) is 6.18 Å². The van der Waals surface area contributed by atoms with Crippen molar-refractivity contribution >= 4 is 16.7 Å². The molecule has 0 atom stereocenters. The molecule has 2 N–H and O–H groups in total. The third kappa shape index (κ3) is 2.65. The lowest BCUT2D eigenvalue weighted by Crippen LogP contribution is -2.11. The van der Waals surface area contributed by atoms with E-state index in [-0.39, 0.29) is 5.69 Å². The van der Waals surface area contributed by atoms with Crippen LogP contribution < -0.4 is 5.73 Å². The van der Waals surface area contributed by atoms with E-state index in [4.69, 9.17) is 5.73 Å². The van der Waals surface area contributed by atoms with Crippen molar-refractivity contribution in [1.82, 2.24) is 9.97 Å². The van der Waals surface area contributed by atoms with Crippen molar-refractivity contribution in [3.63, 3.8) is 0 Å². The molecule has 3 nitrogen and oxygen atoms in total. The highest BCUT2D eigenvalue weighted by atomic mass is 19.4. The molecule has 1 aromatic heterocycles. The minimum Gasteiger partial charge on any atom is -0.368 e. The van der Waals surface area contributed by atoms with E-state index in [2.05, 4.69) is 9.97 Å². The summed E-state index contributed by atoms with van der Waals surface area (Å²) in [6.07, 6.45) is -4.55. The van der Waals surface area contributed by atoms with Crippen molar-refractivity contribution in [2.24, 2.45) is 0 Å². The minimum absolute atomic E-state index is 0.153. The van der Waals surface area contributed by atoms with Gasteiger partial charge in [-0.05, 0) is 22.9 Å². The van der Waals surface area contributed by atoms with E-state index in [0.29, 0.717) is 5.56 Å².